The quantitative estimate of drug-likeness (QED) is 0.518. The minimum absolute atomic E-state index is 0.0423. The number of carbonyl (C=O) groups is 3. The second kappa shape index (κ2) is 14.0. The number of nitrogens with zero attached hydrogens (tertiary/aromatic N) is 4. The van der Waals surface area contributed by atoms with Crippen molar-refractivity contribution in [3.63, 3.8) is 0 Å². The van der Waals surface area contributed by atoms with E-state index < -0.39 is 29.9 Å². The fourth-order valence-electron chi connectivity index (χ4n) is 3.49. The van der Waals surface area contributed by atoms with E-state index in [1.165, 1.54) is 0 Å². The van der Waals surface area contributed by atoms with Gasteiger partial charge < -0.3 is 19.7 Å². The first-order valence-corrected chi connectivity index (χ1v) is 11.3. The van der Waals surface area contributed by atoms with Crippen molar-refractivity contribution in [2.45, 2.75) is 24.5 Å². The Kier molecular flexibility index (Phi) is 11.3. The number of rotatable bonds is 3. The predicted octanol–water partition coefficient (Wildman–Crippen LogP) is 2.38. The van der Waals surface area contributed by atoms with Crippen LogP contribution in [-0.4, -0.2) is 100 Å². The third kappa shape index (κ3) is 10.4. The van der Waals surface area contributed by atoms with Crippen molar-refractivity contribution in [2.24, 2.45) is 0 Å². The van der Waals surface area contributed by atoms with Crippen LogP contribution in [0, 0.1) is 0 Å². The molecule has 2 aromatic rings. The SMILES string of the molecule is O=C(O)C(F)(F)F.O=C(O)C(F)(F)F.O=C1COC2(COCCN(Cc3cccnc3)C2)CN1c1ccccn1. The molecule has 11 nitrogen and oxygen atoms in total. The van der Waals surface area contributed by atoms with E-state index in [1.54, 1.807) is 17.3 Å². The zero-order valence-corrected chi connectivity index (χ0v) is 20.6. The number of carboxylic acid groups (broad SMARTS) is 2. The highest BCUT2D eigenvalue weighted by Gasteiger charge is 2.43. The van der Waals surface area contributed by atoms with Crippen molar-refractivity contribution in [3.8, 4) is 0 Å². The summed E-state index contributed by atoms with van der Waals surface area (Å²) < 4.78 is 75.3. The van der Waals surface area contributed by atoms with Gasteiger partial charge in [-0.15, -0.1) is 0 Å². The molecule has 2 aliphatic heterocycles. The van der Waals surface area contributed by atoms with E-state index in [4.69, 9.17) is 29.3 Å². The molecule has 1 spiro atoms. The molecular weight excluding hydrogens is 558 g/mol. The molecular formula is C23H24F6N4O7. The smallest absolute Gasteiger partial charge is 0.475 e. The van der Waals surface area contributed by atoms with Gasteiger partial charge >= 0.3 is 24.3 Å². The molecule has 4 heterocycles. The van der Waals surface area contributed by atoms with Gasteiger partial charge in [0.25, 0.3) is 5.91 Å². The van der Waals surface area contributed by atoms with E-state index in [0.29, 0.717) is 32.1 Å². The van der Waals surface area contributed by atoms with Crippen LogP contribution in [0.1, 0.15) is 5.56 Å². The maximum absolute atomic E-state index is 12.4. The summed E-state index contributed by atoms with van der Waals surface area (Å²) >= 11 is 0. The first-order chi connectivity index (χ1) is 18.6. The number of morpholine rings is 1. The number of alkyl halides is 6. The number of aliphatic carboxylic acids is 2. The van der Waals surface area contributed by atoms with Crippen molar-refractivity contribution in [1.29, 1.82) is 0 Å². The third-order valence-corrected chi connectivity index (χ3v) is 5.22. The van der Waals surface area contributed by atoms with Crippen molar-refractivity contribution < 1.29 is 60.4 Å². The molecule has 1 amide bonds. The lowest BCUT2D eigenvalue weighted by Gasteiger charge is -2.42. The van der Waals surface area contributed by atoms with Crippen LogP contribution in [0.25, 0.3) is 0 Å². The summed E-state index contributed by atoms with van der Waals surface area (Å²) in [6, 6.07) is 9.58. The van der Waals surface area contributed by atoms with E-state index in [0.717, 1.165) is 18.7 Å². The summed E-state index contributed by atoms with van der Waals surface area (Å²) in [6.45, 7) is 3.87. The van der Waals surface area contributed by atoms with Gasteiger partial charge in [-0.1, -0.05) is 12.1 Å². The van der Waals surface area contributed by atoms with Crippen LogP contribution in [-0.2, 0) is 30.4 Å². The number of hydrogen-bond acceptors (Lipinski definition) is 8. The van der Waals surface area contributed by atoms with Crippen molar-refractivity contribution >= 4 is 23.7 Å². The van der Waals surface area contributed by atoms with E-state index in [2.05, 4.69) is 20.9 Å². The fraction of sp³-hybridized carbons (Fsp3) is 0.435. The highest BCUT2D eigenvalue weighted by molar-refractivity contribution is 5.94. The average molecular weight is 582 g/mol. The maximum atomic E-state index is 12.4. The van der Waals surface area contributed by atoms with E-state index in [-0.39, 0.29) is 12.5 Å². The van der Waals surface area contributed by atoms with Crippen molar-refractivity contribution in [1.82, 2.24) is 14.9 Å². The number of halogens is 6. The van der Waals surface area contributed by atoms with Gasteiger partial charge in [0, 0.05) is 38.2 Å². The highest BCUT2D eigenvalue weighted by Crippen LogP contribution is 2.26. The molecule has 220 valence electrons. The van der Waals surface area contributed by atoms with Gasteiger partial charge in [-0.3, -0.25) is 19.6 Å². The summed E-state index contributed by atoms with van der Waals surface area (Å²) in [7, 11) is 0. The first kappa shape index (κ1) is 32.4. The maximum Gasteiger partial charge on any atom is 0.490 e. The van der Waals surface area contributed by atoms with Crippen LogP contribution in [0.3, 0.4) is 0 Å². The molecule has 2 aliphatic rings. The average Bonchev–Trinajstić information content (AvgIpc) is 3.08. The minimum atomic E-state index is -5.08. The van der Waals surface area contributed by atoms with E-state index >= 15 is 0 Å². The van der Waals surface area contributed by atoms with Crippen LogP contribution < -0.4 is 4.90 Å². The number of anilines is 1. The lowest BCUT2D eigenvalue weighted by molar-refractivity contribution is -0.193. The van der Waals surface area contributed by atoms with Gasteiger partial charge in [0.2, 0.25) is 0 Å². The van der Waals surface area contributed by atoms with E-state index in [1.807, 2.05) is 30.5 Å². The molecule has 1 atom stereocenters. The summed E-state index contributed by atoms with van der Waals surface area (Å²) in [4.78, 5) is 42.7. The van der Waals surface area contributed by atoms with Crippen molar-refractivity contribution in [2.75, 3.05) is 44.4 Å². The van der Waals surface area contributed by atoms with Crippen LogP contribution in [0.4, 0.5) is 32.2 Å². The molecule has 0 saturated carbocycles. The zero-order chi connectivity index (χ0) is 30.0. The summed E-state index contributed by atoms with van der Waals surface area (Å²) in [6.07, 6.45) is -4.82. The molecule has 1 unspecified atom stereocenters. The number of hydrogen-bond donors (Lipinski definition) is 2. The molecule has 40 heavy (non-hydrogen) atoms. The Morgan fingerprint density at radius 1 is 0.975 bits per heavy atom. The van der Waals surface area contributed by atoms with Gasteiger partial charge in [0.1, 0.15) is 18.0 Å². The van der Waals surface area contributed by atoms with Gasteiger partial charge in [-0.25, -0.2) is 14.6 Å². The van der Waals surface area contributed by atoms with Crippen molar-refractivity contribution in [3.05, 3.63) is 54.5 Å². The molecule has 0 aromatic carbocycles. The topological polar surface area (TPSA) is 142 Å². The molecule has 4 rings (SSSR count). The summed E-state index contributed by atoms with van der Waals surface area (Å²) in [5, 5.41) is 14.2. The molecule has 0 aliphatic carbocycles. The Bertz CT molecular complexity index is 1100. The van der Waals surface area contributed by atoms with Crippen LogP contribution in [0.5, 0.6) is 0 Å². The number of pyridine rings is 2. The molecule has 0 radical (unpaired) electrons. The highest BCUT2D eigenvalue weighted by atomic mass is 19.4. The largest absolute Gasteiger partial charge is 0.490 e. The summed E-state index contributed by atoms with van der Waals surface area (Å²) in [5.74, 6) is -4.93. The Labute approximate surface area is 222 Å². The normalized spacial score (nSPS) is 19.9. The monoisotopic (exact) mass is 582 g/mol. The Balaban J connectivity index is 0.000000333. The Morgan fingerprint density at radius 3 is 2.15 bits per heavy atom. The second-order valence-corrected chi connectivity index (χ2v) is 8.37. The number of carboxylic acids is 2. The number of amides is 1. The first-order valence-electron chi connectivity index (χ1n) is 11.3. The van der Waals surface area contributed by atoms with Crippen LogP contribution in [0.2, 0.25) is 0 Å². The third-order valence-electron chi connectivity index (χ3n) is 5.22. The summed E-state index contributed by atoms with van der Waals surface area (Å²) in [5.41, 5.74) is 0.599. The van der Waals surface area contributed by atoms with E-state index in [9.17, 15) is 31.1 Å². The molecule has 2 aromatic heterocycles. The van der Waals surface area contributed by atoms with Crippen LogP contribution >= 0.6 is 0 Å². The standard InChI is InChI=1S/C19H22N4O3.2C2HF3O2/c24-18-12-26-19(14-23(18)17-5-1-2-7-21-17)13-22(8-9-25-15-19)11-16-4-3-6-20-10-16;2*3-2(4,5)1(6)7/h1-7,10H,8-9,11-15H2;2*(H,6,7). The lowest BCUT2D eigenvalue weighted by atomic mass is 10.0. The number of carbonyl (C=O) groups excluding carboxylic acids is 1. The van der Waals surface area contributed by atoms with Gasteiger partial charge in [0.15, 0.2) is 0 Å². The Morgan fingerprint density at radius 2 is 1.62 bits per heavy atom. The minimum Gasteiger partial charge on any atom is -0.475 e. The lowest BCUT2D eigenvalue weighted by Crippen LogP contribution is -2.60. The number of ether oxygens (including phenoxy) is 2. The molecule has 2 fully saturated rings. The van der Waals surface area contributed by atoms with Gasteiger partial charge in [-0.05, 0) is 23.8 Å². The molecule has 2 saturated heterocycles. The van der Waals surface area contributed by atoms with Gasteiger partial charge in [-0.2, -0.15) is 26.3 Å². The molecule has 0 bridgehead atoms. The Hall–Kier alpha value is -3.83. The van der Waals surface area contributed by atoms with Gasteiger partial charge in [0.05, 0.1) is 19.8 Å². The number of aromatic nitrogens is 2. The molecule has 2 N–H and O–H groups in total. The van der Waals surface area contributed by atoms with Crippen LogP contribution in [0.15, 0.2) is 48.9 Å². The predicted molar refractivity (Wildman–Crippen MR) is 123 cm³/mol. The zero-order valence-electron chi connectivity index (χ0n) is 20.6. The fourth-order valence-corrected chi connectivity index (χ4v) is 3.49. The second-order valence-electron chi connectivity index (χ2n) is 8.37. The molecule has 17 heteroatoms.